The SMILES string of the molecule is COc1ccc(C(=O)C=Cc2cc(OC)c(O)c(OC)c2)cc1. The Morgan fingerprint density at radius 1 is 0.957 bits per heavy atom. The van der Waals surface area contributed by atoms with Crippen LogP contribution in [-0.4, -0.2) is 32.2 Å². The summed E-state index contributed by atoms with van der Waals surface area (Å²) in [5.74, 6) is 1.03. The van der Waals surface area contributed by atoms with Crippen LogP contribution in [0, 0.1) is 0 Å². The molecule has 0 fully saturated rings. The number of methoxy groups -OCH3 is 3. The predicted octanol–water partition coefficient (Wildman–Crippen LogP) is 3.31. The number of ketones is 1. The van der Waals surface area contributed by atoms with Crippen molar-refractivity contribution in [2.45, 2.75) is 0 Å². The highest BCUT2D eigenvalue weighted by molar-refractivity contribution is 6.06. The molecule has 0 amide bonds. The van der Waals surface area contributed by atoms with Crippen LogP contribution in [0.25, 0.3) is 6.08 Å². The van der Waals surface area contributed by atoms with Gasteiger partial charge in [-0.2, -0.15) is 0 Å². The summed E-state index contributed by atoms with van der Waals surface area (Å²) >= 11 is 0. The Kier molecular flexibility index (Phi) is 5.25. The number of carbonyl (C=O) groups excluding carboxylic acids is 1. The molecule has 0 unspecified atom stereocenters. The first kappa shape index (κ1) is 16.4. The Hall–Kier alpha value is -2.95. The van der Waals surface area contributed by atoms with Crippen LogP contribution in [0.5, 0.6) is 23.0 Å². The van der Waals surface area contributed by atoms with E-state index in [0.717, 1.165) is 0 Å². The normalized spacial score (nSPS) is 10.6. The average molecular weight is 314 g/mol. The zero-order chi connectivity index (χ0) is 16.8. The van der Waals surface area contributed by atoms with Gasteiger partial charge in [0.2, 0.25) is 5.75 Å². The Morgan fingerprint density at radius 3 is 2.00 bits per heavy atom. The number of phenols is 1. The Morgan fingerprint density at radius 2 is 1.52 bits per heavy atom. The molecule has 120 valence electrons. The van der Waals surface area contributed by atoms with Crippen LogP contribution in [0.1, 0.15) is 15.9 Å². The highest BCUT2D eigenvalue weighted by atomic mass is 16.5. The maximum Gasteiger partial charge on any atom is 0.200 e. The molecule has 2 aromatic rings. The van der Waals surface area contributed by atoms with Gasteiger partial charge < -0.3 is 19.3 Å². The molecule has 0 saturated carbocycles. The lowest BCUT2D eigenvalue weighted by molar-refractivity contribution is 0.104. The predicted molar refractivity (Wildman–Crippen MR) is 87.6 cm³/mol. The van der Waals surface area contributed by atoms with E-state index in [2.05, 4.69) is 0 Å². The molecule has 5 nitrogen and oxygen atoms in total. The maximum atomic E-state index is 12.2. The van der Waals surface area contributed by atoms with Gasteiger partial charge in [-0.05, 0) is 48.0 Å². The van der Waals surface area contributed by atoms with Gasteiger partial charge in [-0.15, -0.1) is 0 Å². The van der Waals surface area contributed by atoms with E-state index >= 15 is 0 Å². The molecule has 0 radical (unpaired) electrons. The fourth-order valence-corrected chi connectivity index (χ4v) is 2.03. The van der Waals surface area contributed by atoms with Gasteiger partial charge in [0.25, 0.3) is 0 Å². The smallest absolute Gasteiger partial charge is 0.200 e. The first-order valence-corrected chi connectivity index (χ1v) is 6.90. The molecule has 2 aromatic carbocycles. The zero-order valence-corrected chi connectivity index (χ0v) is 13.2. The standard InChI is InChI=1S/C18H18O5/c1-21-14-7-5-13(6-8-14)15(19)9-4-12-10-16(22-2)18(20)17(11-12)23-3/h4-11,20H,1-3H3. The third kappa shape index (κ3) is 3.83. The molecule has 1 N–H and O–H groups in total. The molecular weight excluding hydrogens is 296 g/mol. The summed E-state index contributed by atoms with van der Waals surface area (Å²) in [6.45, 7) is 0. The molecule has 0 atom stereocenters. The number of rotatable bonds is 6. The lowest BCUT2D eigenvalue weighted by atomic mass is 10.1. The Labute approximate surface area is 134 Å². The van der Waals surface area contributed by atoms with Crippen molar-refractivity contribution in [2.75, 3.05) is 21.3 Å². The van der Waals surface area contributed by atoms with E-state index in [0.29, 0.717) is 16.9 Å². The summed E-state index contributed by atoms with van der Waals surface area (Å²) in [4.78, 5) is 12.2. The fourth-order valence-electron chi connectivity index (χ4n) is 2.03. The lowest BCUT2D eigenvalue weighted by Gasteiger charge is -2.09. The highest BCUT2D eigenvalue weighted by Crippen LogP contribution is 2.37. The molecule has 0 aliphatic carbocycles. The minimum absolute atomic E-state index is 0.0753. The molecule has 5 heteroatoms. The van der Waals surface area contributed by atoms with Crippen LogP contribution in [0.15, 0.2) is 42.5 Å². The van der Waals surface area contributed by atoms with Crippen LogP contribution in [0.3, 0.4) is 0 Å². The van der Waals surface area contributed by atoms with Crippen LogP contribution in [0.2, 0.25) is 0 Å². The van der Waals surface area contributed by atoms with Crippen molar-refractivity contribution in [3.63, 3.8) is 0 Å². The minimum Gasteiger partial charge on any atom is -0.502 e. The number of hydrogen-bond donors (Lipinski definition) is 1. The van der Waals surface area contributed by atoms with Crippen LogP contribution < -0.4 is 14.2 Å². The van der Waals surface area contributed by atoms with Gasteiger partial charge in [-0.1, -0.05) is 6.08 Å². The third-order valence-electron chi connectivity index (χ3n) is 3.30. The topological polar surface area (TPSA) is 65.0 Å². The maximum absolute atomic E-state index is 12.2. The van der Waals surface area contributed by atoms with Gasteiger partial charge in [0.1, 0.15) is 5.75 Å². The molecule has 23 heavy (non-hydrogen) atoms. The molecule has 2 rings (SSSR count). The van der Waals surface area contributed by atoms with Crippen molar-refractivity contribution in [2.24, 2.45) is 0 Å². The van der Waals surface area contributed by atoms with Crippen LogP contribution in [0.4, 0.5) is 0 Å². The summed E-state index contributed by atoms with van der Waals surface area (Å²) in [5.41, 5.74) is 1.23. The molecular formula is C18H18O5. The number of carbonyl (C=O) groups is 1. The number of aromatic hydroxyl groups is 1. The molecule has 0 aliphatic rings. The summed E-state index contributed by atoms with van der Waals surface area (Å²) in [6, 6.07) is 10.1. The van der Waals surface area contributed by atoms with Crippen molar-refractivity contribution < 1.29 is 24.1 Å². The van der Waals surface area contributed by atoms with Gasteiger partial charge in [0, 0.05) is 5.56 Å². The number of benzene rings is 2. The third-order valence-corrected chi connectivity index (χ3v) is 3.30. The molecule has 0 bridgehead atoms. The minimum atomic E-state index is -0.140. The average Bonchev–Trinajstić information content (AvgIpc) is 2.60. The van der Waals surface area contributed by atoms with E-state index in [1.54, 1.807) is 49.6 Å². The van der Waals surface area contributed by atoms with Gasteiger partial charge in [0.05, 0.1) is 21.3 Å². The van der Waals surface area contributed by atoms with E-state index in [1.165, 1.54) is 20.3 Å². The van der Waals surface area contributed by atoms with Gasteiger partial charge in [0.15, 0.2) is 17.3 Å². The van der Waals surface area contributed by atoms with Crippen molar-refractivity contribution >= 4 is 11.9 Å². The van der Waals surface area contributed by atoms with E-state index in [-0.39, 0.29) is 23.0 Å². The molecule has 0 aromatic heterocycles. The molecule has 0 heterocycles. The van der Waals surface area contributed by atoms with Gasteiger partial charge >= 0.3 is 0 Å². The van der Waals surface area contributed by atoms with E-state index in [1.807, 2.05) is 0 Å². The van der Waals surface area contributed by atoms with E-state index in [9.17, 15) is 9.90 Å². The van der Waals surface area contributed by atoms with Crippen molar-refractivity contribution in [1.29, 1.82) is 0 Å². The second-order valence-electron chi connectivity index (χ2n) is 4.70. The quantitative estimate of drug-likeness (QED) is 0.654. The van der Waals surface area contributed by atoms with Crippen LogP contribution >= 0.6 is 0 Å². The van der Waals surface area contributed by atoms with Crippen molar-refractivity contribution in [3.05, 3.63) is 53.6 Å². The van der Waals surface area contributed by atoms with Crippen molar-refractivity contribution in [1.82, 2.24) is 0 Å². The monoisotopic (exact) mass is 314 g/mol. The summed E-state index contributed by atoms with van der Waals surface area (Å²) in [7, 11) is 4.47. The largest absolute Gasteiger partial charge is 0.502 e. The Bertz CT molecular complexity index is 692. The number of ether oxygens (including phenoxy) is 3. The summed E-state index contributed by atoms with van der Waals surface area (Å²) < 4.78 is 15.2. The van der Waals surface area contributed by atoms with Crippen molar-refractivity contribution in [3.8, 4) is 23.0 Å². The first-order valence-electron chi connectivity index (χ1n) is 6.90. The number of phenolic OH excluding ortho intramolecular Hbond substituents is 1. The van der Waals surface area contributed by atoms with Gasteiger partial charge in [-0.3, -0.25) is 4.79 Å². The Balaban J connectivity index is 2.23. The first-order chi connectivity index (χ1) is 11.1. The fraction of sp³-hybridized carbons (Fsp3) is 0.167. The van der Waals surface area contributed by atoms with E-state index in [4.69, 9.17) is 14.2 Å². The van der Waals surface area contributed by atoms with Crippen LogP contribution in [-0.2, 0) is 0 Å². The van der Waals surface area contributed by atoms with Gasteiger partial charge in [-0.25, -0.2) is 0 Å². The number of hydrogen-bond acceptors (Lipinski definition) is 5. The molecule has 0 aliphatic heterocycles. The second kappa shape index (κ2) is 7.35. The highest BCUT2D eigenvalue weighted by Gasteiger charge is 2.10. The van der Waals surface area contributed by atoms with E-state index < -0.39 is 0 Å². The lowest BCUT2D eigenvalue weighted by Crippen LogP contribution is -1.94. The second-order valence-corrected chi connectivity index (χ2v) is 4.70. The molecule has 0 spiro atoms. The molecule has 0 saturated heterocycles. The zero-order valence-electron chi connectivity index (χ0n) is 13.2. The summed E-state index contributed by atoms with van der Waals surface area (Å²) in [5, 5.41) is 9.87. The summed E-state index contributed by atoms with van der Waals surface area (Å²) in [6.07, 6.45) is 3.09. The number of allylic oxidation sites excluding steroid dienone is 1.